The Balaban J connectivity index is 1.13. The molecule has 0 spiro atoms. The molecule has 7 unspecified atom stereocenters. The zero-order chi connectivity index (χ0) is 39.0. The molecule has 0 radical (unpaired) electrons. The van der Waals surface area contributed by atoms with E-state index >= 15 is 0 Å². The molecule has 4 aromatic carbocycles. The van der Waals surface area contributed by atoms with E-state index in [1.165, 1.54) is 19.3 Å². The summed E-state index contributed by atoms with van der Waals surface area (Å²) >= 11 is 0. The molecule has 3 N–H and O–H groups in total. The number of nitrogens with one attached hydrogen (secondary N) is 2. The molecule has 4 aromatic rings. The molecule has 3 aliphatic rings. The highest BCUT2D eigenvalue weighted by Gasteiger charge is 2.51. The fourth-order valence-electron chi connectivity index (χ4n) is 9.35. The number of hydrogen-bond donors (Lipinski definition) is 3. The van der Waals surface area contributed by atoms with E-state index in [-0.39, 0.29) is 36.0 Å². The fourth-order valence-corrected chi connectivity index (χ4v) is 10.5. The third kappa shape index (κ3) is 9.22. The van der Waals surface area contributed by atoms with Gasteiger partial charge in [0.25, 0.3) is 0 Å². The first kappa shape index (κ1) is 39.3. The Labute approximate surface area is 326 Å². The minimum atomic E-state index is -4.00. The van der Waals surface area contributed by atoms with Crippen LogP contribution in [0.1, 0.15) is 87.2 Å². The number of rotatable bonds is 12. The molecule has 1 amide bonds. The summed E-state index contributed by atoms with van der Waals surface area (Å²) in [7, 11) is -4.00. The number of aliphatic hydroxyl groups excluding tert-OH is 1. The lowest BCUT2D eigenvalue weighted by atomic mass is 9.65. The number of anilines is 1. The zero-order valence-corrected chi connectivity index (χ0v) is 33.4. The average molecular weight is 766 g/mol. The Morgan fingerprint density at radius 3 is 2.33 bits per heavy atom. The molecule has 0 aromatic heterocycles. The van der Waals surface area contributed by atoms with Crippen molar-refractivity contribution >= 4 is 21.6 Å². The Morgan fingerprint density at radius 1 is 0.891 bits per heavy atom. The first-order chi connectivity index (χ1) is 26.2. The molecular formula is C45H55N3O6S. The van der Waals surface area contributed by atoms with E-state index in [4.69, 9.17) is 9.47 Å². The van der Waals surface area contributed by atoms with Crippen molar-refractivity contribution in [1.82, 2.24) is 9.62 Å². The molecule has 2 aliphatic heterocycles. The monoisotopic (exact) mass is 765 g/mol. The van der Waals surface area contributed by atoms with Gasteiger partial charge in [-0.05, 0) is 84.4 Å². The molecule has 1 saturated carbocycles. The van der Waals surface area contributed by atoms with Gasteiger partial charge in [-0.15, -0.1) is 0 Å². The van der Waals surface area contributed by atoms with Crippen molar-refractivity contribution in [2.45, 2.75) is 102 Å². The third-order valence-corrected chi connectivity index (χ3v) is 13.2. The van der Waals surface area contributed by atoms with Crippen molar-refractivity contribution in [2.24, 2.45) is 16.7 Å². The Morgan fingerprint density at radius 2 is 1.62 bits per heavy atom. The zero-order valence-electron chi connectivity index (χ0n) is 32.6. The summed E-state index contributed by atoms with van der Waals surface area (Å²) < 4.78 is 43.3. The van der Waals surface area contributed by atoms with E-state index < -0.39 is 28.3 Å². The second kappa shape index (κ2) is 15.9. The van der Waals surface area contributed by atoms with Crippen molar-refractivity contribution in [2.75, 3.05) is 18.4 Å². The number of carbonyl (C=O) groups is 1. The number of likely N-dealkylation sites (tertiary alicyclic amines) is 1. The van der Waals surface area contributed by atoms with Gasteiger partial charge in [0.1, 0.15) is 6.04 Å². The van der Waals surface area contributed by atoms with Gasteiger partial charge in [0.05, 0.1) is 23.7 Å². The number of aryl methyl sites for hydroxylation is 1. The number of hydrogen-bond acceptors (Lipinski definition) is 7. The molecule has 2 saturated heterocycles. The normalized spacial score (nSPS) is 27.1. The number of amides is 1. The van der Waals surface area contributed by atoms with Crippen LogP contribution in [-0.2, 0) is 37.3 Å². The summed E-state index contributed by atoms with van der Waals surface area (Å²) in [5.41, 5.74) is 5.47. The van der Waals surface area contributed by atoms with Crippen LogP contribution < -0.4 is 10.0 Å². The maximum atomic E-state index is 14.0. The molecule has 2 heterocycles. The molecule has 292 valence electrons. The van der Waals surface area contributed by atoms with Crippen LogP contribution in [0.3, 0.4) is 0 Å². The molecule has 2 bridgehead atoms. The van der Waals surface area contributed by atoms with E-state index in [1.54, 1.807) is 30.3 Å². The first-order valence-electron chi connectivity index (χ1n) is 19.5. The van der Waals surface area contributed by atoms with E-state index in [0.717, 1.165) is 40.9 Å². The maximum absolute atomic E-state index is 14.0. The summed E-state index contributed by atoms with van der Waals surface area (Å²) in [4.78, 5) is 16.7. The lowest BCUT2D eigenvalue weighted by Gasteiger charge is -2.43. The van der Waals surface area contributed by atoms with Gasteiger partial charge in [0, 0.05) is 36.3 Å². The van der Waals surface area contributed by atoms with Crippen molar-refractivity contribution in [3.63, 3.8) is 0 Å². The predicted octanol–water partition coefficient (Wildman–Crippen LogP) is 7.71. The number of nitrogens with zero attached hydrogens (tertiary/aromatic N) is 1. The van der Waals surface area contributed by atoms with Gasteiger partial charge in [0.2, 0.25) is 15.9 Å². The van der Waals surface area contributed by atoms with Crippen LogP contribution in [0.25, 0.3) is 0 Å². The van der Waals surface area contributed by atoms with Gasteiger partial charge in [-0.1, -0.05) is 112 Å². The summed E-state index contributed by atoms with van der Waals surface area (Å²) in [6, 6.07) is 30.7. The van der Waals surface area contributed by atoms with Crippen molar-refractivity contribution in [1.29, 1.82) is 0 Å². The van der Waals surface area contributed by atoms with Gasteiger partial charge in [-0.3, -0.25) is 9.69 Å². The molecule has 7 atom stereocenters. The highest BCUT2D eigenvalue weighted by atomic mass is 32.2. The Bertz CT molecular complexity index is 2060. The number of fused-ring (bicyclic) bond motifs is 2. The van der Waals surface area contributed by atoms with Gasteiger partial charge in [-0.25, -0.2) is 8.42 Å². The summed E-state index contributed by atoms with van der Waals surface area (Å²) in [5.74, 6) is -0.437. The van der Waals surface area contributed by atoms with Gasteiger partial charge < -0.3 is 19.9 Å². The van der Waals surface area contributed by atoms with Crippen LogP contribution in [0.2, 0.25) is 0 Å². The molecule has 7 rings (SSSR count). The van der Waals surface area contributed by atoms with Gasteiger partial charge in [0.15, 0.2) is 6.29 Å². The van der Waals surface area contributed by atoms with E-state index in [2.05, 4.69) is 42.6 Å². The first-order valence-corrected chi connectivity index (χ1v) is 21.0. The summed E-state index contributed by atoms with van der Waals surface area (Å²) in [5, 5.41) is 12.7. The van der Waals surface area contributed by atoms with Crippen LogP contribution in [0, 0.1) is 23.7 Å². The molecule has 55 heavy (non-hydrogen) atoms. The van der Waals surface area contributed by atoms with Gasteiger partial charge >= 0.3 is 0 Å². The molecule has 3 fully saturated rings. The second-order valence-electron chi connectivity index (χ2n) is 17.3. The molecular weight excluding hydrogens is 711 g/mol. The highest BCUT2D eigenvalue weighted by Crippen LogP contribution is 2.53. The molecule has 10 heteroatoms. The maximum Gasteiger partial charge on any atom is 0.242 e. The van der Waals surface area contributed by atoms with Gasteiger partial charge in [-0.2, -0.15) is 4.72 Å². The summed E-state index contributed by atoms with van der Waals surface area (Å²) in [6.07, 6.45) is 2.65. The average Bonchev–Trinajstić information content (AvgIpc) is 3.39. The molecule has 1 aliphatic carbocycles. The van der Waals surface area contributed by atoms with E-state index in [9.17, 15) is 18.3 Å². The number of sulfonamides is 1. The number of benzene rings is 4. The smallest absolute Gasteiger partial charge is 0.242 e. The SMILES string of the molecule is Cc1ccc(S(=O)(=O)NC(Cc2ccccc2)C(=O)Nc2cccc(C3OC(CN4CC5(C)CC4CC(C)(C)C5)C(C)C(c4ccc(CO)cc4)O3)c2)cc1. The Kier molecular flexibility index (Phi) is 11.4. The molecule has 9 nitrogen and oxygen atoms in total. The van der Waals surface area contributed by atoms with Crippen molar-refractivity contribution in [3.8, 4) is 0 Å². The second-order valence-corrected chi connectivity index (χ2v) is 19.0. The predicted molar refractivity (Wildman–Crippen MR) is 215 cm³/mol. The van der Waals surface area contributed by atoms with Crippen molar-refractivity contribution < 1.29 is 27.8 Å². The quantitative estimate of drug-likeness (QED) is 0.135. The van der Waals surface area contributed by atoms with Crippen molar-refractivity contribution in [3.05, 3.63) is 131 Å². The lowest BCUT2D eigenvalue weighted by molar-refractivity contribution is -0.276. The minimum absolute atomic E-state index is 0.0285. The largest absolute Gasteiger partial charge is 0.392 e. The Hall–Kier alpha value is -3.90. The van der Waals surface area contributed by atoms with Crippen LogP contribution in [0.5, 0.6) is 0 Å². The minimum Gasteiger partial charge on any atom is -0.392 e. The number of aliphatic hydroxyl groups is 1. The highest BCUT2D eigenvalue weighted by molar-refractivity contribution is 7.89. The number of ether oxygens (including phenoxy) is 2. The third-order valence-electron chi connectivity index (χ3n) is 11.7. The lowest BCUT2D eigenvalue weighted by Crippen LogP contribution is -2.46. The van der Waals surface area contributed by atoms with E-state index in [0.29, 0.717) is 22.6 Å². The van der Waals surface area contributed by atoms with Crippen LogP contribution in [-0.4, -0.2) is 55.6 Å². The fraction of sp³-hybridized carbons (Fsp3) is 0.444. The standard InChI is InChI=1S/C45H55N3O6S/c1-30-14-20-38(21-15-30)55(51,52)47-39(22-32-10-7-6-8-11-32)42(50)46-36-13-9-12-35(23-36)43-53-40(26-48-29-45(5)25-37(48)24-44(3,4)28-45)31(2)41(54-43)34-18-16-33(27-49)17-19-34/h6-21,23,31,37,39-41,43,47,49H,22,24-29H2,1-5H3,(H,46,50). The van der Waals surface area contributed by atoms with Crippen LogP contribution >= 0.6 is 0 Å². The number of carbonyl (C=O) groups excluding carboxylic acids is 1. The summed E-state index contributed by atoms with van der Waals surface area (Å²) in [6.45, 7) is 13.1. The van der Waals surface area contributed by atoms with Crippen LogP contribution in [0.4, 0.5) is 5.69 Å². The van der Waals surface area contributed by atoms with E-state index in [1.807, 2.05) is 79.7 Å². The van der Waals surface area contributed by atoms with Crippen LogP contribution in [0.15, 0.2) is 108 Å². The topological polar surface area (TPSA) is 117 Å².